The number of hydrogen-bond acceptors (Lipinski definition) is 3. The fourth-order valence-corrected chi connectivity index (χ4v) is 3.04. The molecule has 0 atom stereocenters. The van der Waals surface area contributed by atoms with Crippen molar-refractivity contribution in [3.8, 4) is 0 Å². The zero-order valence-corrected chi connectivity index (χ0v) is 13.7. The van der Waals surface area contributed by atoms with Gasteiger partial charge in [0.2, 0.25) is 5.91 Å². The smallest absolute Gasteiger partial charge is 0.221 e. The molecule has 0 bridgehead atoms. The van der Waals surface area contributed by atoms with Crippen molar-refractivity contribution in [1.29, 1.82) is 0 Å². The second-order valence-electron chi connectivity index (χ2n) is 4.65. The lowest BCUT2D eigenvalue weighted by atomic mass is 10.1. The maximum absolute atomic E-state index is 11.8. The molecule has 0 unspecified atom stereocenters. The van der Waals surface area contributed by atoms with Crippen LogP contribution in [0.4, 0.5) is 0 Å². The van der Waals surface area contributed by atoms with Gasteiger partial charge in [-0.1, -0.05) is 27.6 Å². The van der Waals surface area contributed by atoms with Gasteiger partial charge in [-0.3, -0.25) is 4.79 Å². The summed E-state index contributed by atoms with van der Waals surface area (Å²) in [6, 6.07) is 8.16. The average molecular weight is 355 g/mol. The summed E-state index contributed by atoms with van der Waals surface area (Å²) in [4.78, 5) is 13.0. The van der Waals surface area contributed by atoms with E-state index in [0.717, 1.165) is 29.7 Å². The lowest BCUT2D eigenvalue weighted by Gasteiger charge is -2.14. The highest BCUT2D eigenvalue weighted by Gasteiger charge is 2.06. The minimum atomic E-state index is 0.133. The van der Waals surface area contributed by atoms with Crippen molar-refractivity contribution in [2.75, 3.05) is 25.4 Å². The van der Waals surface area contributed by atoms with E-state index in [9.17, 15) is 4.79 Å². The predicted molar refractivity (Wildman–Crippen MR) is 88.1 cm³/mol. The first kappa shape index (κ1) is 15.6. The van der Waals surface area contributed by atoms with E-state index in [2.05, 4.69) is 44.8 Å². The number of nitrogens with one attached hydrogen (secondary N) is 2. The lowest BCUT2D eigenvalue weighted by molar-refractivity contribution is -0.120. The van der Waals surface area contributed by atoms with Crippen LogP contribution >= 0.6 is 27.7 Å². The molecule has 0 saturated carbocycles. The van der Waals surface area contributed by atoms with Gasteiger partial charge < -0.3 is 10.6 Å². The molecule has 1 aliphatic heterocycles. The minimum Gasteiger partial charge on any atom is -0.352 e. The van der Waals surface area contributed by atoms with E-state index in [1.54, 1.807) is 11.8 Å². The van der Waals surface area contributed by atoms with Gasteiger partial charge in [0.05, 0.1) is 0 Å². The molecule has 20 heavy (non-hydrogen) atoms. The Morgan fingerprint density at radius 2 is 2.15 bits per heavy atom. The summed E-state index contributed by atoms with van der Waals surface area (Å²) in [5.74, 6) is 0.947. The number of thioether (sulfide) groups is 1. The maximum atomic E-state index is 11.8. The molecule has 0 aliphatic carbocycles. The van der Waals surface area contributed by atoms with Gasteiger partial charge in [0.25, 0.3) is 0 Å². The van der Waals surface area contributed by atoms with Crippen molar-refractivity contribution in [1.82, 2.24) is 10.6 Å². The molecule has 3 nitrogen and oxygen atoms in total. The van der Waals surface area contributed by atoms with Gasteiger partial charge in [0, 0.05) is 34.6 Å². The molecule has 0 radical (unpaired) electrons. The summed E-state index contributed by atoms with van der Waals surface area (Å²) in [5, 5.41) is 6.25. The van der Waals surface area contributed by atoms with Gasteiger partial charge in [-0.15, -0.1) is 11.8 Å². The molecular weight excluding hydrogens is 336 g/mol. The molecule has 0 fully saturated rings. The Morgan fingerprint density at radius 1 is 1.35 bits per heavy atom. The fraction of sp³-hybridized carbons (Fsp3) is 0.400. The van der Waals surface area contributed by atoms with Gasteiger partial charge in [-0.25, -0.2) is 0 Å². The molecule has 1 heterocycles. The SMILES string of the molecule is O=C(CCSc1ccc(Br)cc1)NCC1=CCNCC1. The number of rotatable bonds is 6. The number of carbonyl (C=O) groups excluding carboxylic acids is 1. The average Bonchev–Trinajstić information content (AvgIpc) is 2.48. The molecule has 2 rings (SSSR count). The van der Waals surface area contributed by atoms with E-state index in [4.69, 9.17) is 0 Å². The Morgan fingerprint density at radius 3 is 2.85 bits per heavy atom. The van der Waals surface area contributed by atoms with Crippen molar-refractivity contribution in [2.24, 2.45) is 0 Å². The standard InChI is InChI=1S/C15H19BrN2OS/c16-13-1-3-14(4-2-13)20-10-7-15(19)18-11-12-5-8-17-9-6-12/h1-5,17H,6-11H2,(H,18,19). The first-order valence-corrected chi connectivity index (χ1v) is 8.55. The van der Waals surface area contributed by atoms with Crippen LogP contribution in [0, 0.1) is 0 Å². The molecule has 0 saturated heterocycles. The third-order valence-corrected chi connectivity index (χ3v) is 4.62. The number of benzene rings is 1. The van der Waals surface area contributed by atoms with Crippen molar-refractivity contribution in [3.05, 3.63) is 40.4 Å². The molecule has 2 N–H and O–H groups in total. The van der Waals surface area contributed by atoms with E-state index in [-0.39, 0.29) is 5.91 Å². The van der Waals surface area contributed by atoms with Gasteiger partial charge in [-0.2, -0.15) is 0 Å². The number of amides is 1. The summed E-state index contributed by atoms with van der Waals surface area (Å²) in [6.07, 6.45) is 3.76. The van der Waals surface area contributed by atoms with Gasteiger partial charge in [-0.05, 0) is 37.2 Å². The Hall–Kier alpha value is -0.780. The number of carbonyl (C=O) groups is 1. The monoisotopic (exact) mass is 354 g/mol. The third-order valence-electron chi connectivity index (χ3n) is 3.08. The van der Waals surface area contributed by atoms with Crippen LogP contribution in [-0.2, 0) is 4.79 Å². The van der Waals surface area contributed by atoms with Crippen LogP contribution in [0.15, 0.2) is 45.3 Å². The molecular formula is C15H19BrN2OS. The molecule has 108 valence electrons. The zero-order valence-electron chi connectivity index (χ0n) is 11.3. The Kier molecular flexibility index (Phi) is 6.63. The van der Waals surface area contributed by atoms with Crippen LogP contribution in [0.5, 0.6) is 0 Å². The minimum absolute atomic E-state index is 0.133. The van der Waals surface area contributed by atoms with Gasteiger partial charge >= 0.3 is 0 Å². The second kappa shape index (κ2) is 8.49. The van der Waals surface area contributed by atoms with E-state index in [1.165, 1.54) is 10.5 Å². The molecule has 1 aromatic carbocycles. The summed E-state index contributed by atoms with van der Waals surface area (Å²) in [6.45, 7) is 2.63. The highest BCUT2D eigenvalue weighted by Crippen LogP contribution is 2.21. The topological polar surface area (TPSA) is 41.1 Å². The Labute approximate surface area is 132 Å². The van der Waals surface area contributed by atoms with Crippen molar-refractivity contribution in [2.45, 2.75) is 17.7 Å². The van der Waals surface area contributed by atoms with Gasteiger partial charge in [0.1, 0.15) is 0 Å². The van der Waals surface area contributed by atoms with Crippen LogP contribution in [-0.4, -0.2) is 31.3 Å². The van der Waals surface area contributed by atoms with Crippen LogP contribution < -0.4 is 10.6 Å². The molecule has 1 aliphatic rings. The number of hydrogen-bond donors (Lipinski definition) is 2. The van der Waals surface area contributed by atoms with Crippen molar-refractivity contribution in [3.63, 3.8) is 0 Å². The summed E-state index contributed by atoms with van der Waals surface area (Å²) in [5.41, 5.74) is 1.33. The first-order chi connectivity index (χ1) is 9.74. The van der Waals surface area contributed by atoms with Gasteiger partial charge in [0.15, 0.2) is 0 Å². The van der Waals surface area contributed by atoms with Crippen LogP contribution in [0.1, 0.15) is 12.8 Å². The predicted octanol–water partition coefficient (Wildman–Crippen LogP) is 2.97. The molecule has 1 aromatic rings. The molecule has 1 amide bonds. The van der Waals surface area contributed by atoms with E-state index in [1.807, 2.05) is 12.1 Å². The van der Waals surface area contributed by atoms with E-state index < -0.39 is 0 Å². The van der Waals surface area contributed by atoms with Crippen LogP contribution in [0.25, 0.3) is 0 Å². The Balaban J connectivity index is 1.62. The quantitative estimate of drug-likeness (QED) is 0.609. The maximum Gasteiger partial charge on any atom is 0.221 e. The number of halogens is 1. The molecule has 0 aromatic heterocycles. The lowest BCUT2D eigenvalue weighted by Crippen LogP contribution is -2.29. The largest absolute Gasteiger partial charge is 0.352 e. The van der Waals surface area contributed by atoms with Crippen LogP contribution in [0.2, 0.25) is 0 Å². The van der Waals surface area contributed by atoms with E-state index >= 15 is 0 Å². The summed E-state index contributed by atoms with van der Waals surface area (Å²) in [7, 11) is 0. The Bertz CT molecular complexity index is 473. The summed E-state index contributed by atoms with van der Waals surface area (Å²) < 4.78 is 1.08. The van der Waals surface area contributed by atoms with Crippen molar-refractivity contribution >= 4 is 33.6 Å². The summed E-state index contributed by atoms with van der Waals surface area (Å²) >= 11 is 5.12. The highest BCUT2D eigenvalue weighted by molar-refractivity contribution is 9.10. The first-order valence-electron chi connectivity index (χ1n) is 6.78. The third kappa shape index (κ3) is 5.69. The van der Waals surface area contributed by atoms with Crippen LogP contribution in [0.3, 0.4) is 0 Å². The highest BCUT2D eigenvalue weighted by atomic mass is 79.9. The molecule has 0 spiro atoms. The second-order valence-corrected chi connectivity index (χ2v) is 6.73. The fourth-order valence-electron chi connectivity index (χ4n) is 1.92. The van der Waals surface area contributed by atoms with E-state index in [0.29, 0.717) is 13.0 Å². The molecule has 5 heteroatoms. The van der Waals surface area contributed by atoms with Crippen molar-refractivity contribution < 1.29 is 4.79 Å². The normalized spacial score (nSPS) is 14.8. The zero-order chi connectivity index (χ0) is 14.2.